The molecule has 5 aromatic rings. The number of pyridine rings is 1. The van der Waals surface area contributed by atoms with Crippen LogP contribution in [0.4, 0.5) is 20.6 Å². The number of rotatable bonds is 9. The van der Waals surface area contributed by atoms with E-state index in [0.717, 1.165) is 22.1 Å². The maximum Gasteiger partial charge on any atom is 0.335 e. The number of benzene rings is 4. The number of anilines is 2. The summed E-state index contributed by atoms with van der Waals surface area (Å²) in [6.45, 7) is 4.46. The van der Waals surface area contributed by atoms with E-state index in [0.29, 0.717) is 47.7 Å². The van der Waals surface area contributed by atoms with Crippen molar-refractivity contribution in [3.63, 3.8) is 0 Å². The summed E-state index contributed by atoms with van der Waals surface area (Å²) >= 11 is 0. The molecule has 0 aliphatic heterocycles. The standard InChI is InChI=1S/C33H28FN3O4/c1-3-36(25-12-8-5-9-13-25)33(39)37(22-38)26-14-15-31(28(34)19-26)41-30-16-17-35-29-20-32(23(2)18-27(29)30)40-21-24-10-6-4-7-11-24/h4-20,22H,3,21H2,1-2H3. The summed E-state index contributed by atoms with van der Waals surface area (Å²) in [6, 6.07) is 27.6. The van der Waals surface area contributed by atoms with E-state index in [1.54, 1.807) is 43.5 Å². The number of ether oxygens (including phenoxy) is 2. The van der Waals surface area contributed by atoms with Gasteiger partial charge in [-0.25, -0.2) is 14.1 Å². The maximum atomic E-state index is 15.3. The lowest BCUT2D eigenvalue weighted by Gasteiger charge is -2.26. The van der Waals surface area contributed by atoms with Gasteiger partial charge in [-0.3, -0.25) is 14.7 Å². The van der Waals surface area contributed by atoms with E-state index in [4.69, 9.17) is 9.47 Å². The third-order valence-electron chi connectivity index (χ3n) is 6.58. The number of hydrogen-bond donors (Lipinski definition) is 0. The number of amides is 3. The van der Waals surface area contributed by atoms with Crippen LogP contribution >= 0.6 is 0 Å². The molecule has 41 heavy (non-hydrogen) atoms. The first kappa shape index (κ1) is 27.3. The van der Waals surface area contributed by atoms with Gasteiger partial charge in [0.25, 0.3) is 0 Å². The lowest BCUT2D eigenvalue weighted by atomic mass is 10.1. The van der Waals surface area contributed by atoms with Gasteiger partial charge in [-0.05, 0) is 61.4 Å². The van der Waals surface area contributed by atoms with Crippen molar-refractivity contribution in [2.45, 2.75) is 20.5 Å². The molecule has 1 heterocycles. The highest BCUT2D eigenvalue weighted by molar-refractivity contribution is 6.13. The van der Waals surface area contributed by atoms with Crippen molar-refractivity contribution in [2.75, 3.05) is 16.3 Å². The molecule has 0 N–H and O–H groups in total. The third-order valence-corrected chi connectivity index (χ3v) is 6.58. The fourth-order valence-electron chi connectivity index (χ4n) is 4.46. The minimum absolute atomic E-state index is 0.0583. The van der Waals surface area contributed by atoms with Crippen LogP contribution in [0.1, 0.15) is 18.1 Å². The average Bonchev–Trinajstić information content (AvgIpc) is 2.99. The molecule has 0 saturated carbocycles. The predicted octanol–water partition coefficient (Wildman–Crippen LogP) is 7.66. The molecule has 0 aliphatic carbocycles. The summed E-state index contributed by atoms with van der Waals surface area (Å²) in [7, 11) is 0. The first-order valence-electron chi connectivity index (χ1n) is 13.1. The summed E-state index contributed by atoms with van der Waals surface area (Å²) in [5.74, 6) is 0.312. The molecule has 0 bridgehead atoms. The molecular formula is C33H28FN3O4. The fourth-order valence-corrected chi connectivity index (χ4v) is 4.46. The molecule has 8 heteroatoms. The predicted molar refractivity (Wildman–Crippen MR) is 157 cm³/mol. The Labute approximate surface area is 237 Å². The molecule has 206 valence electrons. The zero-order valence-electron chi connectivity index (χ0n) is 22.7. The number of aromatic nitrogens is 1. The number of halogens is 1. The zero-order chi connectivity index (χ0) is 28.8. The van der Waals surface area contributed by atoms with Crippen LogP contribution in [0.25, 0.3) is 10.9 Å². The van der Waals surface area contributed by atoms with Crippen LogP contribution in [0.5, 0.6) is 17.2 Å². The Morgan fingerprint density at radius 3 is 2.29 bits per heavy atom. The number of hydrogen-bond acceptors (Lipinski definition) is 5. The molecule has 1 aromatic heterocycles. The molecule has 0 spiro atoms. The number of aryl methyl sites for hydroxylation is 1. The summed E-state index contributed by atoms with van der Waals surface area (Å²) in [5.41, 5.74) is 3.27. The normalized spacial score (nSPS) is 10.7. The Kier molecular flexibility index (Phi) is 8.20. The van der Waals surface area contributed by atoms with E-state index in [1.807, 2.05) is 55.5 Å². The van der Waals surface area contributed by atoms with Crippen LogP contribution in [0.3, 0.4) is 0 Å². The van der Waals surface area contributed by atoms with Gasteiger partial charge in [-0.1, -0.05) is 48.5 Å². The van der Waals surface area contributed by atoms with E-state index in [-0.39, 0.29) is 11.4 Å². The van der Waals surface area contributed by atoms with Crippen LogP contribution in [0.15, 0.2) is 103 Å². The molecule has 0 saturated heterocycles. The van der Waals surface area contributed by atoms with Crippen molar-refractivity contribution >= 4 is 34.7 Å². The highest BCUT2D eigenvalue weighted by Crippen LogP contribution is 2.35. The molecular weight excluding hydrogens is 521 g/mol. The summed E-state index contributed by atoms with van der Waals surface area (Å²) in [5, 5.41) is 0.687. The first-order valence-corrected chi connectivity index (χ1v) is 13.1. The molecule has 0 radical (unpaired) electrons. The van der Waals surface area contributed by atoms with Crippen molar-refractivity contribution in [1.29, 1.82) is 0 Å². The molecule has 4 aromatic carbocycles. The number of fused-ring (bicyclic) bond motifs is 1. The SMILES string of the molecule is CCN(C(=O)N(C=O)c1ccc(Oc2ccnc3cc(OCc4ccccc4)c(C)cc23)c(F)c1)c1ccccc1. The molecule has 0 atom stereocenters. The van der Waals surface area contributed by atoms with Gasteiger partial charge >= 0.3 is 6.03 Å². The van der Waals surface area contributed by atoms with Crippen molar-refractivity contribution in [3.05, 3.63) is 120 Å². The molecule has 7 nitrogen and oxygen atoms in total. The molecule has 0 aliphatic rings. The van der Waals surface area contributed by atoms with E-state index >= 15 is 4.39 Å². The van der Waals surface area contributed by atoms with Gasteiger partial charge in [0, 0.05) is 35.9 Å². The highest BCUT2D eigenvalue weighted by Gasteiger charge is 2.23. The van der Waals surface area contributed by atoms with Crippen LogP contribution in [0.2, 0.25) is 0 Å². The van der Waals surface area contributed by atoms with E-state index in [9.17, 15) is 9.59 Å². The number of para-hydroxylation sites is 1. The van der Waals surface area contributed by atoms with E-state index in [2.05, 4.69) is 4.98 Å². The van der Waals surface area contributed by atoms with Gasteiger partial charge in [0.2, 0.25) is 6.41 Å². The third kappa shape index (κ3) is 6.01. The van der Waals surface area contributed by atoms with Gasteiger partial charge in [-0.15, -0.1) is 0 Å². The molecule has 5 rings (SSSR count). The number of nitrogens with zero attached hydrogens (tertiary/aromatic N) is 3. The van der Waals surface area contributed by atoms with Gasteiger partial charge in [0.15, 0.2) is 11.6 Å². The summed E-state index contributed by atoms with van der Waals surface area (Å²) in [4.78, 5) is 31.8. The lowest BCUT2D eigenvalue weighted by Crippen LogP contribution is -2.43. The van der Waals surface area contributed by atoms with Crippen molar-refractivity contribution < 1.29 is 23.5 Å². The van der Waals surface area contributed by atoms with E-state index in [1.165, 1.54) is 17.0 Å². The molecule has 0 unspecified atom stereocenters. The monoisotopic (exact) mass is 549 g/mol. The quantitative estimate of drug-likeness (QED) is 0.177. The van der Waals surface area contributed by atoms with E-state index < -0.39 is 11.8 Å². The van der Waals surface area contributed by atoms with Gasteiger partial charge in [0.05, 0.1) is 11.2 Å². The van der Waals surface area contributed by atoms with Crippen molar-refractivity contribution in [1.82, 2.24) is 4.98 Å². The fraction of sp³-hybridized carbons (Fsp3) is 0.121. The zero-order valence-corrected chi connectivity index (χ0v) is 22.7. The smallest absolute Gasteiger partial charge is 0.335 e. The Morgan fingerprint density at radius 1 is 0.878 bits per heavy atom. The minimum atomic E-state index is -0.727. The van der Waals surface area contributed by atoms with Crippen molar-refractivity contribution in [3.8, 4) is 17.2 Å². The summed E-state index contributed by atoms with van der Waals surface area (Å²) in [6.07, 6.45) is 1.95. The minimum Gasteiger partial charge on any atom is -0.489 e. The summed E-state index contributed by atoms with van der Waals surface area (Å²) < 4.78 is 27.3. The molecule has 3 amide bonds. The lowest BCUT2D eigenvalue weighted by molar-refractivity contribution is -0.106. The van der Waals surface area contributed by atoms with Crippen LogP contribution in [-0.4, -0.2) is 24.0 Å². The topological polar surface area (TPSA) is 72.0 Å². The second-order valence-electron chi connectivity index (χ2n) is 9.27. The average molecular weight is 550 g/mol. The van der Waals surface area contributed by atoms with Crippen LogP contribution in [0, 0.1) is 12.7 Å². The van der Waals surface area contributed by atoms with Crippen molar-refractivity contribution in [2.24, 2.45) is 0 Å². The van der Waals surface area contributed by atoms with Gasteiger partial charge in [-0.2, -0.15) is 0 Å². The second-order valence-corrected chi connectivity index (χ2v) is 9.27. The Bertz CT molecular complexity index is 1680. The number of carbonyl (C=O) groups is 2. The number of imide groups is 1. The van der Waals surface area contributed by atoms with Crippen LogP contribution < -0.4 is 19.3 Å². The highest BCUT2D eigenvalue weighted by atomic mass is 19.1. The van der Waals surface area contributed by atoms with Gasteiger partial charge < -0.3 is 9.47 Å². The van der Waals surface area contributed by atoms with Crippen LogP contribution in [-0.2, 0) is 11.4 Å². The van der Waals surface area contributed by atoms with Gasteiger partial charge in [0.1, 0.15) is 18.1 Å². The second kappa shape index (κ2) is 12.3. The Morgan fingerprint density at radius 2 is 1.61 bits per heavy atom. The largest absolute Gasteiger partial charge is 0.489 e. The molecule has 0 fully saturated rings. The Hall–Kier alpha value is -5.24. The Balaban J connectivity index is 1.37. The maximum absolute atomic E-state index is 15.3. The number of urea groups is 1. The first-order chi connectivity index (χ1) is 20.0. The number of carbonyl (C=O) groups excluding carboxylic acids is 2.